The zero-order valence-electron chi connectivity index (χ0n) is 18.7. The van der Waals surface area contributed by atoms with Crippen molar-refractivity contribution in [3.05, 3.63) is 89.5 Å². The van der Waals surface area contributed by atoms with E-state index in [9.17, 15) is 21.6 Å². The third kappa shape index (κ3) is 4.56. The number of hydrogen-bond donors (Lipinski definition) is 2. The van der Waals surface area contributed by atoms with Crippen LogP contribution < -0.4 is 14.8 Å². The van der Waals surface area contributed by atoms with Crippen molar-refractivity contribution < 1.29 is 21.6 Å². The van der Waals surface area contributed by atoms with Crippen LogP contribution in [0.25, 0.3) is 0 Å². The van der Waals surface area contributed by atoms with Gasteiger partial charge in [-0.2, -0.15) is 0 Å². The Balaban J connectivity index is 1.56. The van der Waals surface area contributed by atoms with Gasteiger partial charge in [0.25, 0.3) is 15.9 Å². The van der Waals surface area contributed by atoms with Crippen LogP contribution in [0.15, 0.2) is 82.6 Å². The zero-order chi connectivity index (χ0) is 24.7. The molecule has 0 fully saturated rings. The summed E-state index contributed by atoms with van der Waals surface area (Å²) in [5, 5.41) is 7.93. The number of nitrogens with zero attached hydrogens (tertiary/aromatic N) is 1. The van der Waals surface area contributed by atoms with Gasteiger partial charge >= 0.3 is 0 Å². The molecule has 178 valence electrons. The van der Waals surface area contributed by atoms with E-state index >= 15 is 0 Å². The first kappa shape index (κ1) is 23.9. The molecule has 0 spiro atoms. The number of amides is 1. The highest BCUT2D eigenvalue weighted by molar-refractivity contribution is 7.93. The maximum Gasteiger partial charge on any atom is 0.264 e. The van der Waals surface area contributed by atoms with Crippen molar-refractivity contribution in [3.8, 4) is 0 Å². The Morgan fingerprint density at radius 3 is 2.32 bits per heavy atom. The van der Waals surface area contributed by atoms with Gasteiger partial charge in [0.1, 0.15) is 0 Å². The molecule has 0 aromatic heterocycles. The number of para-hydroxylation sites is 1. The Morgan fingerprint density at radius 1 is 0.971 bits per heavy atom. The van der Waals surface area contributed by atoms with Crippen LogP contribution >= 0.6 is 0 Å². The van der Waals surface area contributed by atoms with Gasteiger partial charge in [0, 0.05) is 11.6 Å². The van der Waals surface area contributed by atoms with Crippen molar-refractivity contribution in [1.82, 2.24) is 5.32 Å². The smallest absolute Gasteiger partial charge is 0.264 e. The Kier molecular flexibility index (Phi) is 6.24. The van der Waals surface area contributed by atoms with Gasteiger partial charge in [0.2, 0.25) is 10.0 Å². The maximum atomic E-state index is 13.5. The van der Waals surface area contributed by atoms with Gasteiger partial charge in [0.15, 0.2) is 0 Å². The van der Waals surface area contributed by atoms with Gasteiger partial charge in [-0.3, -0.25) is 9.10 Å². The number of anilines is 1. The van der Waals surface area contributed by atoms with Crippen LogP contribution in [0.3, 0.4) is 0 Å². The molecule has 0 bridgehead atoms. The van der Waals surface area contributed by atoms with E-state index < -0.39 is 32.0 Å². The first-order valence-electron chi connectivity index (χ1n) is 10.6. The Morgan fingerprint density at radius 2 is 1.65 bits per heavy atom. The van der Waals surface area contributed by atoms with Gasteiger partial charge in [-0.1, -0.05) is 36.4 Å². The Bertz CT molecular complexity index is 1450. The van der Waals surface area contributed by atoms with Crippen LogP contribution in [0.4, 0.5) is 5.69 Å². The van der Waals surface area contributed by atoms with E-state index in [0.717, 1.165) is 5.56 Å². The summed E-state index contributed by atoms with van der Waals surface area (Å²) in [6, 6.07) is 18.5. The molecule has 2 atom stereocenters. The molecule has 4 rings (SSSR count). The number of nitrogens with two attached hydrogens (primary N) is 1. The average molecular weight is 500 g/mol. The van der Waals surface area contributed by atoms with E-state index in [4.69, 9.17) is 5.14 Å². The molecular formula is C24H25N3O5S2. The van der Waals surface area contributed by atoms with Crippen molar-refractivity contribution in [2.24, 2.45) is 5.14 Å². The standard InChI is InChI=1S/C24H25N3O5S2/c1-16-14-19-6-3-4-9-23(19)27(16)34(31,32)22-8-5-7-20(15-22)24(28)26-17(2)18-10-12-21(13-11-18)33(25,29)30/h3-13,15-17H,14H2,1-2H3,(H,26,28)(H2,25,29,30)/t16-,17-/m0/s1. The summed E-state index contributed by atoms with van der Waals surface area (Å²) in [5.74, 6) is -0.449. The number of carbonyl (C=O) groups is 1. The zero-order valence-corrected chi connectivity index (χ0v) is 20.3. The minimum Gasteiger partial charge on any atom is -0.346 e. The monoisotopic (exact) mass is 499 g/mol. The Labute approximate surface area is 199 Å². The summed E-state index contributed by atoms with van der Waals surface area (Å²) in [6.45, 7) is 3.60. The van der Waals surface area contributed by atoms with Gasteiger partial charge in [0.05, 0.1) is 21.5 Å². The summed E-state index contributed by atoms with van der Waals surface area (Å²) >= 11 is 0. The van der Waals surface area contributed by atoms with Crippen LogP contribution in [-0.2, 0) is 26.5 Å². The summed E-state index contributed by atoms with van der Waals surface area (Å²) in [7, 11) is -7.68. The molecule has 8 nitrogen and oxygen atoms in total. The third-order valence-electron chi connectivity index (χ3n) is 5.85. The second-order valence-electron chi connectivity index (χ2n) is 8.32. The number of sulfonamides is 2. The molecule has 0 saturated carbocycles. The van der Waals surface area contributed by atoms with Gasteiger partial charge in [-0.25, -0.2) is 22.0 Å². The molecule has 1 aliphatic heterocycles. The quantitative estimate of drug-likeness (QED) is 0.539. The Hall–Kier alpha value is -3.21. The van der Waals surface area contributed by atoms with Crippen LogP contribution in [0.2, 0.25) is 0 Å². The highest BCUT2D eigenvalue weighted by Gasteiger charge is 2.36. The second kappa shape index (κ2) is 8.86. The SMILES string of the molecule is C[C@H](NC(=O)c1cccc(S(=O)(=O)N2c3ccccc3C[C@@H]2C)c1)c1ccc(S(N)(=O)=O)cc1. The van der Waals surface area contributed by atoms with E-state index in [1.165, 1.54) is 28.6 Å². The highest BCUT2D eigenvalue weighted by atomic mass is 32.2. The van der Waals surface area contributed by atoms with E-state index in [2.05, 4.69) is 5.32 Å². The number of rotatable bonds is 6. The molecule has 3 aromatic rings. The lowest BCUT2D eigenvalue weighted by molar-refractivity contribution is 0.0939. The van der Waals surface area contributed by atoms with Gasteiger partial charge in [-0.05, 0) is 67.8 Å². The molecule has 0 saturated heterocycles. The van der Waals surface area contributed by atoms with E-state index in [0.29, 0.717) is 17.7 Å². The molecule has 0 aliphatic carbocycles. The fraction of sp³-hybridized carbons (Fsp3) is 0.208. The molecule has 3 N–H and O–H groups in total. The van der Waals surface area contributed by atoms with Crippen molar-refractivity contribution >= 4 is 31.6 Å². The molecule has 3 aromatic carbocycles. The summed E-state index contributed by atoms with van der Waals surface area (Å²) < 4.78 is 51.2. The van der Waals surface area contributed by atoms with Gasteiger partial charge in [-0.15, -0.1) is 0 Å². The highest BCUT2D eigenvalue weighted by Crippen LogP contribution is 2.36. The van der Waals surface area contributed by atoms with Gasteiger partial charge < -0.3 is 5.32 Å². The summed E-state index contributed by atoms with van der Waals surface area (Å²) in [4.78, 5) is 12.9. The summed E-state index contributed by atoms with van der Waals surface area (Å²) in [5.41, 5.74) is 2.50. The maximum absolute atomic E-state index is 13.5. The molecule has 1 aliphatic rings. The fourth-order valence-electron chi connectivity index (χ4n) is 4.12. The fourth-order valence-corrected chi connectivity index (χ4v) is 6.38. The number of carbonyl (C=O) groups excluding carboxylic acids is 1. The lowest BCUT2D eigenvalue weighted by Crippen LogP contribution is -2.36. The van der Waals surface area contributed by atoms with Crippen LogP contribution in [0.5, 0.6) is 0 Å². The minimum absolute atomic E-state index is 0.0228. The molecule has 1 heterocycles. The minimum atomic E-state index is -3.87. The molecule has 1 amide bonds. The molecular weight excluding hydrogens is 474 g/mol. The second-order valence-corrected chi connectivity index (χ2v) is 11.7. The summed E-state index contributed by atoms with van der Waals surface area (Å²) in [6.07, 6.45) is 0.622. The largest absolute Gasteiger partial charge is 0.346 e. The number of fused-ring (bicyclic) bond motifs is 1. The first-order chi connectivity index (χ1) is 16.0. The predicted molar refractivity (Wildman–Crippen MR) is 129 cm³/mol. The first-order valence-corrected chi connectivity index (χ1v) is 13.6. The topological polar surface area (TPSA) is 127 Å². The molecule has 0 unspecified atom stereocenters. The molecule has 10 heteroatoms. The van der Waals surface area contributed by atoms with Crippen LogP contribution in [-0.4, -0.2) is 28.8 Å². The average Bonchev–Trinajstić information content (AvgIpc) is 3.15. The van der Waals surface area contributed by atoms with Crippen molar-refractivity contribution in [3.63, 3.8) is 0 Å². The van der Waals surface area contributed by atoms with Crippen molar-refractivity contribution in [1.29, 1.82) is 0 Å². The van der Waals surface area contributed by atoms with Crippen LogP contribution in [0.1, 0.15) is 41.4 Å². The number of benzene rings is 3. The van der Waals surface area contributed by atoms with Crippen LogP contribution in [0, 0.1) is 0 Å². The van der Waals surface area contributed by atoms with Crippen molar-refractivity contribution in [2.75, 3.05) is 4.31 Å². The predicted octanol–water partition coefficient (Wildman–Crippen LogP) is 2.96. The lowest BCUT2D eigenvalue weighted by atomic mass is 10.1. The number of nitrogens with one attached hydrogen (secondary N) is 1. The lowest BCUT2D eigenvalue weighted by Gasteiger charge is -2.24. The van der Waals surface area contributed by atoms with E-state index in [1.807, 2.05) is 19.1 Å². The number of hydrogen-bond acceptors (Lipinski definition) is 5. The number of primary sulfonamides is 1. The van der Waals surface area contributed by atoms with Crippen molar-refractivity contribution in [2.45, 2.75) is 42.1 Å². The molecule has 0 radical (unpaired) electrons. The normalized spacial score (nSPS) is 16.7. The third-order valence-corrected chi connectivity index (χ3v) is 8.71. The van der Waals surface area contributed by atoms with E-state index in [1.54, 1.807) is 43.3 Å². The van der Waals surface area contributed by atoms with E-state index in [-0.39, 0.29) is 21.4 Å². The molecule has 34 heavy (non-hydrogen) atoms.